The van der Waals surface area contributed by atoms with Crippen molar-refractivity contribution in [1.82, 2.24) is 9.78 Å². The first-order valence-corrected chi connectivity index (χ1v) is 7.53. The minimum absolute atomic E-state index is 0.125. The molecule has 0 unspecified atom stereocenters. The number of amides is 1. The minimum atomic E-state index is -4.48. The van der Waals surface area contributed by atoms with E-state index in [1.165, 1.54) is 6.07 Å². The Hall–Kier alpha value is -2.03. The first-order valence-electron chi connectivity index (χ1n) is 6.74. The third kappa shape index (κ3) is 3.05. The summed E-state index contributed by atoms with van der Waals surface area (Å²) >= 11 is 3.29. The minimum Gasteiger partial charge on any atom is -0.364 e. The predicted octanol–water partition coefficient (Wildman–Crippen LogP) is 3.40. The molecule has 0 aliphatic carbocycles. The van der Waals surface area contributed by atoms with Gasteiger partial charge in [-0.15, -0.1) is 0 Å². The molecule has 122 valence electrons. The molecule has 1 aromatic carbocycles. The Kier molecular flexibility index (Phi) is 3.83. The van der Waals surface area contributed by atoms with Crippen LogP contribution in [-0.4, -0.2) is 21.9 Å². The number of carbonyl (C=O) groups excluding carboxylic acids is 1. The zero-order valence-electron chi connectivity index (χ0n) is 11.6. The normalized spacial score (nSPS) is 20.7. The van der Waals surface area contributed by atoms with Crippen molar-refractivity contribution in [2.45, 2.75) is 24.7 Å². The van der Waals surface area contributed by atoms with Crippen molar-refractivity contribution in [1.29, 1.82) is 0 Å². The Morgan fingerprint density at radius 3 is 2.57 bits per heavy atom. The van der Waals surface area contributed by atoms with Crippen LogP contribution in [0, 0.1) is 0 Å². The summed E-state index contributed by atoms with van der Waals surface area (Å²) in [6.07, 6.45) is -4.70. The van der Waals surface area contributed by atoms with Gasteiger partial charge in [0.15, 0.2) is 11.7 Å². The standard InChI is InChI=1S/C14H12BrF3N4O/c15-8-3-1-7(2-4-8)9-5-11(14(16,17)18)22-12(20-9)6-10(21-22)13(19)23/h1-4,6,9,11,20H,5H2,(H2,19,23)/t9-,11-/m0/s1. The van der Waals surface area contributed by atoms with Gasteiger partial charge in [-0.3, -0.25) is 4.79 Å². The first kappa shape index (κ1) is 15.9. The molecule has 2 aromatic rings. The maximum Gasteiger partial charge on any atom is 0.410 e. The molecule has 0 spiro atoms. The van der Waals surface area contributed by atoms with Crippen molar-refractivity contribution < 1.29 is 18.0 Å². The van der Waals surface area contributed by atoms with Crippen LogP contribution in [0.5, 0.6) is 0 Å². The Balaban J connectivity index is 2.01. The quantitative estimate of drug-likeness (QED) is 0.827. The van der Waals surface area contributed by atoms with Gasteiger partial charge in [0.1, 0.15) is 5.82 Å². The lowest BCUT2D eigenvalue weighted by molar-refractivity contribution is -0.173. The molecule has 0 radical (unpaired) electrons. The van der Waals surface area contributed by atoms with Gasteiger partial charge in [0.2, 0.25) is 0 Å². The van der Waals surface area contributed by atoms with Gasteiger partial charge in [-0.05, 0) is 17.7 Å². The summed E-state index contributed by atoms with van der Waals surface area (Å²) in [6, 6.07) is 5.90. The average molecular weight is 389 g/mol. The molecule has 0 bridgehead atoms. The number of aromatic nitrogens is 2. The summed E-state index contributed by atoms with van der Waals surface area (Å²) in [5.74, 6) is -0.741. The van der Waals surface area contributed by atoms with Crippen molar-refractivity contribution in [3.63, 3.8) is 0 Å². The Morgan fingerprint density at radius 1 is 1.35 bits per heavy atom. The zero-order valence-corrected chi connectivity index (χ0v) is 13.2. The number of hydrogen-bond donors (Lipinski definition) is 2. The number of nitrogens with zero attached hydrogens (tertiary/aromatic N) is 2. The Labute approximate surface area is 137 Å². The second-order valence-electron chi connectivity index (χ2n) is 5.27. The lowest BCUT2D eigenvalue weighted by Gasteiger charge is -2.33. The maximum atomic E-state index is 13.4. The highest BCUT2D eigenvalue weighted by Gasteiger charge is 2.46. The highest BCUT2D eigenvalue weighted by molar-refractivity contribution is 9.10. The molecule has 2 heterocycles. The lowest BCUT2D eigenvalue weighted by atomic mass is 9.97. The van der Waals surface area contributed by atoms with Crippen LogP contribution in [0.25, 0.3) is 0 Å². The number of anilines is 1. The second kappa shape index (κ2) is 5.55. The summed E-state index contributed by atoms with van der Waals surface area (Å²) in [7, 11) is 0. The van der Waals surface area contributed by atoms with Gasteiger partial charge in [0.25, 0.3) is 5.91 Å². The van der Waals surface area contributed by atoms with Crippen LogP contribution >= 0.6 is 15.9 Å². The number of halogens is 4. The number of rotatable bonds is 2. The van der Waals surface area contributed by atoms with Crippen LogP contribution in [0.2, 0.25) is 0 Å². The van der Waals surface area contributed by atoms with Crippen LogP contribution in [0.1, 0.15) is 34.6 Å². The Morgan fingerprint density at radius 2 is 2.00 bits per heavy atom. The molecule has 1 aromatic heterocycles. The van der Waals surface area contributed by atoms with Gasteiger partial charge in [0.05, 0.1) is 6.04 Å². The summed E-state index contributed by atoms with van der Waals surface area (Å²) < 4.78 is 41.7. The van der Waals surface area contributed by atoms with E-state index >= 15 is 0 Å². The monoisotopic (exact) mass is 388 g/mol. The van der Waals surface area contributed by atoms with Gasteiger partial charge in [-0.1, -0.05) is 28.1 Å². The molecule has 1 amide bonds. The number of fused-ring (bicyclic) bond motifs is 1. The summed E-state index contributed by atoms with van der Waals surface area (Å²) in [4.78, 5) is 11.2. The van der Waals surface area contributed by atoms with E-state index in [9.17, 15) is 18.0 Å². The smallest absolute Gasteiger partial charge is 0.364 e. The molecule has 1 aliphatic rings. The van der Waals surface area contributed by atoms with E-state index in [-0.39, 0.29) is 17.9 Å². The molecular weight excluding hydrogens is 377 g/mol. The fraction of sp³-hybridized carbons (Fsp3) is 0.286. The molecule has 5 nitrogen and oxygen atoms in total. The van der Waals surface area contributed by atoms with Crippen LogP contribution in [0.3, 0.4) is 0 Å². The molecule has 0 saturated heterocycles. The van der Waals surface area contributed by atoms with Gasteiger partial charge in [0, 0.05) is 17.0 Å². The number of benzene rings is 1. The van der Waals surface area contributed by atoms with Gasteiger partial charge in [-0.2, -0.15) is 18.3 Å². The van der Waals surface area contributed by atoms with Crippen LogP contribution in [-0.2, 0) is 0 Å². The van der Waals surface area contributed by atoms with E-state index in [4.69, 9.17) is 5.73 Å². The topological polar surface area (TPSA) is 72.9 Å². The largest absolute Gasteiger partial charge is 0.410 e. The zero-order chi connectivity index (χ0) is 16.8. The molecule has 23 heavy (non-hydrogen) atoms. The van der Waals surface area contributed by atoms with Crippen LogP contribution in [0.4, 0.5) is 19.0 Å². The fourth-order valence-corrected chi connectivity index (χ4v) is 2.87. The van der Waals surface area contributed by atoms with E-state index < -0.39 is 24.2 Å². The van der Waals surface area contributed by atoms with E-state index in [0.717, 1.165) is 14.7 Å². The van der Waals surface area contributed by atoms with E-state index in [0.29, 0.717) is 0 Å². The van der Waals surface area contributed by atoms with Crippen LogP contribution in [0.15, 0.2) is 34.8 Å². The number of nitrogens with two attached hydrogens (primary N) is 1. The maximum absolute atomic E-state index is 13.4. The van der Waals surface area contributed by atoms with Crippen LogP contribution < -0.4 is 11.1 Å². The fourth-order valence-electron chi connectivity index (χ4n) is 2.61. The Bertz CT molecular complexity index is 741. The molecule has 1 aliphatic heterocycles. The van der Waals surface area contributed by atoms with Gasteiger partial charge < -0.3 is 11.1 Å². The van der Waals surface area contributed by atoms with E-state index in [1.807, 2.05) is 0 Å². The first-order chi connectivity index (χ1) is 10.8. The molecule has 2 atom stereocenters. The van der Waals surface area contributed by atoms with Crippen molar-refractivity contribution in [2.24, 2.45) is 5.73 Å². The highest BCUT2D eigenvalue weighted by atomic mass is 79.9. The van der Waals surface area contributed by atoms with Gasteiger partial charge in [-0.25, -0.2) is 4.68 Å². The van der Waals surface area contributed by atoms with Crippen molar-refractivity contribution in [3.05, 3.63) is 46.1 Å². The van der Waals surface area contributed by atoms with Crippen molar-refractivity contribution >= 4 is 27.7 Å². The second-order valence-corrected chi connectivity index (χ2v) is 6.18. The van der Waals surface area contributed by atoms with Gasteiger partial charge >= 0.3 is 6.18 Å². The lowest BCUT2D eigenvalue weighted by Crippen LogP contribution is -2.35. The average Bonchev–Trinajstić information content (AvgIpc) is 2.90. The number of primary amides is 1. The molecule has 0 saturated carbocycles. The van der Waals surface area contributed by atoms with E-state index in [2.05, 4.69) is 26.3 Å². The third-order valence-corrected chi connectivity index (χ3v) is 4.24. The van der Waals surface area contributed by atoms with E-state index in [1.54, 1.807) is 24.3 Å². The highest BCUT2D eigenvalue weighted by Crippen LogP contribution is 2.43. The molecule has 0 fully saturated rings. The molecule has 3 N–H and O–H groups in total. The molecular formula is C14H12BrF3N4O. The SMILES string of the molecule is NC(=O)c1cc2n(n1)[C@H](C(F)(F)F)C[C@@H](c1ccc(Br)cc1)N2. The number of hydrogen-bond acceptors (Lipinski definition) is 3. The number of alkyl halides is 3. The molecule has 9 heteroatoms. The van der Waals surface area contributed by atoms with Crippen molar-refractivity contribution in [2.75, 3.05) is 5.32 Å². The summed E-state index contributed by atoms with van der Waals surface area (Å²) in [6.45, 7) is 0. The summed E-state index contributed by atoms with van der Waals surface area (Å²) in [5, 5.41) is 6.68. The third-order valence-electron chi connectivity index (χ3n) is 3.71. The van der Waals surface area contributed by atoms with Crippen molar-refractivity contribution in [3.8, 4) is 0 Å². The summed E-state index contributed by atoms with van der Waals surface area (Å²) in [5.41, 5.74) is 5.64. The predicted molar refractivity (Wildman–Crippen MR) is 81.0 cm³/mol. The number of carbonyl (C=O) groups is 1. The number of nitrogens with one attached hydrogen (secondary N) is 1. The molecule has 3 rings (SSSR count).